The molecule has 116 valence electrons. The third-order valence-electron chi connectivity index (χ3n) is 3.05. The molecule has 0 aliphatic heterocycles. The maximum atomic E-state index is 13.4. The summed E-state index contributed by atoms with van der Waals surface area (Å²) in [6.45, 7) is 3.89. The molecule has 1 aromatic carbocycles. The molecule has 0 saturated carbocycles. The molecule has 0 heterocycles. The Balaban J connectivity index is 2.43. The van der Waals surface area contributed by atoms with Gasteiger partial charge in [-0.2, -0.15) is 0 Å². The number of methoxy groups -OCH3 is 1. The summed E-state index contributed by atoms with van der Waals surface area (Å²) in [6.07, 6.45) is 0.380. The summed E-state index contributed by atoms with van der Waals surface area (Å²) in [7, 11) is 1.27. The summed E-state index contributed by atoms with van der Waals surface area (Å²) in [4.78, 5) is 23.2. The molecule has 6 heteroatoms. The van der Waals surface area contributed by atoms with Crippen LogP contribution in [-0.2, 0) is 16.0 Å². The van der Waals surface area contributed by atoms with Crippen molar-refractivity contribution in [2.75, 3.05) is 13.7 Å². The van der Waals surface area contributed by atoms with Gasteiger partial charge in [-0.25, -0.2) is 14.0 Å². The molecule has 0 bridgehead atoms. The number of amides is 2. The van der Waals surface area contributed by atoms with Crippen LogP contribution in [-0.4, -0.2) is 31.7 Å². The summed E-state index contributed by atoms with van der Waals surface area (Å²) in [5.74, 6) is -0.877. The lowest BCUT2D eigenvalue weighted by Gasteiger charge is -2.20. The Morgan fingerprint density at radius 3 is 2.52 bits per heavy atom. The second-order valence-corrected chi connectivity index (χ2v) is 4.99. The van der Waals surface area contributed by atoms with E-state index in [0.717, 1.165) is 0 Å². The molecule has 21 heavy (non-hydrogen) atoms. The molecule has 0 unspecified atom stereocenters. The second-order valence-electron chi connectivity index (χ2n) is 4.99. The molecule has 2 N–H and O–H groups in total. The predicted molar refractivity (Wildman–Crippen MR) is 77.3 cm³/mol. The van der Waals surface area contributed by atoms with E-state index in [4.69, 9.17) is 0 Å². The van der Waals surface area contributed by atoms with Crippen molar-refractivity contribution in [3.05, 3.63) is 35.6 Å². The minimum atomic E-state index is -0.705. The molecule has 0 spiro atoms. The van der Waals surface area contributed by atoms with Crippen molar-refractivity contribution in [1.82, 2.24) is 10.6 Å². The van der Waals surface area contributed by atoms with E-state index in [1.165, 1.54) is 13.2 Å². The number of hydrogen-bond donors (Lipinski definition) is 2. The summed E-state index contributed by atoms with van der Waals surface area (Å²) < 4.78 is 18.0. The van der Waals surface area contributed by atoms with E-state index in [-0.39, 0.29) is 18.3 Å². The monoisotopic (exact) mass is 296 g/mol. The number of carbonyl (C=O) groups excluding carboxylic acids is 2. The minimum Gasteiger partial charge on any atom is -0.467 e. The first kappa shape index (κ1) is 16.9. The van der Waals surface area contributed by atoms with Crippen molar-refractivity contribution in [1.29, 1.82) is 0 Å². The number of hydrogen-bond acceptors (Lipinski definition) is 3. The van der Waals surface area contributed by atoms with Gasteiger partial charge < -0.3 is 15.4 Å². The van der Waals surface area contributed by atoms with E-state index in [2.05, 4.69) is 15.4 Å². The number of urea groups is 1. The average molecular weight is 296 g/mol. The van der Waals surface area contributed by atoms with Crippen molar-refractivity contribution in [3.63, 3.8) is 0 Å². The summed E-state index contributed by atoms with van der Waals surface area (Å²) in [5.41, 5.74) is 0.533. The van der Waals surface area contributed by atoms with Crippen LogP contribution in [0.4, 0.5) is 9.18 Å². The first-order valence-electron chi connectivity index (χ1n) is 6.81. The smallest absolute Gasteiger partial charge is 0.328 e. The number of benzene rings is 1. The normalized spacial score (nSPS) is 11.9. The van der Waals surface area contributed by atoms with Gasteiger partial charge in [0.2, 0.25) is 0 Å². The van der Waals surface area contributed by atoms with Gasteiger partial charge in [-0.05, 0) is 24.0 Å². The van der Waals surface area contributed by atoms with Gasteiger partial charge in [0.05, 0.1) is 7.11 Å². The number of carbonyl (C=O) groups is 2. The maximum absolute atomic E-state index is 13.4. The predicted octanol–water partition coefficient (Wildman–Crippen LogP) is 1.86. The molecule has 0 aliphatic rings. The summed E-state index contributed by atoms with van der Waals surface area (Å²) in [5, 5.41) is 5.15. The third kappa shape index (κ3) is 5.41. The van der Waals surface area contributed by atoms with Gasteiger partial charge in [-0.15, -0.1) is 0 Å². The SMILES string of the molecule is COC(=O)[C@@H](NC(=O)NCCc1ccccc1F)C(C)C. The molecule has 1 aromatic rings. The van der Waals surface area contributed by atoms with E-state index in [1.807, 2.05) is 0 Å². The van der Waals surface area contributed by atoms with Crippen molar-refractivity contribution in [2.45, 2.75) is 26.3 Å². The molecule has 2 amide bonds. The van der Waals surface area contributed by atoms with Crippen LogP contribution < -0.4 is 10.6 Å². The lowest BCUT2D eigenvalue weighted by Crippen LogP contribution is -2.49. The molecule has 0 saturated heterocycles. The zero-order chi connectivity index (χ0) is 15.8. The van der Waals surface area contributed by atoms with Gasteiger partial charge in [0.1, 0.15) is 11.9 Å². The first-order valence-corrected chi connectivity index (χ1v) is 6.81. The molecule has 1 atom stereocenters. The zero-order valence-electron chi connectivity index (χ0n) is 12.5. The summed E-state index contributed by atoms with van der Waals surface area (Å²) >= 11 is 0. The Hall–Kier alpha value is -2.11. The van der Waals surface area contributed by atoms with Gasteiger partial charge >= 0.3 is 12.0 Å². The van der Waals surface area contributed by atoms with E-state index < -0.39 is 18.0 Å². The number of esters is 1. The van der Waals surface area contributed by atoms with Gasteiger partial charge in [0, 0.05) is 6.54 Å². The Bertz CT molecular complexity index is 492. The number of ether oxygens (including phenoxy) is 1. The second kappa shape index (κ2) is 8.24. The Labute approximate surface area is 123 Å². The van der Waals surface area contributed by atoms with Gasteiger partial charge in [0.25, 0.3) is 0 Å². The highest BCUT2D eigenvalue weighted by Crippen LogP contribution is 2.06. The van der Waals surface area contributed by atoms with Crippen molar-refractivity contribution in [2.24, 2.45) is 5.92 Å². The lowest BCUT2D eigenvalue weighted by molar-refractivity contribution is -0.143. The van der Waals surface area contributed by atoms with Crippen LogP contribution in [0.1, 0.15) is 19.4 Å². The topological polar surface area (TPSA) is 67.4 Å². The molecule has 0 radical (unpaired) electrons. The van der Waals surface area contributed by atoms with E-state index >= 15 is 0 Å². The zero-order valence-corrected chi connectivity index (χ0v) is 12.5. The minimum absolute atomic E-state index is 0.0882. The van der Waals surface area contributed by atoms with Crippen molar-refractivity contribution >= 4 is 12.0 Å². The van der Waals surface area contributed by atoms with E-state index in [9.17, 15) is 14.0 Å². The molecule has 0 aliphatic carbocycles. The fourth-order valence-corrected chi connectivity index (χ4v) is 1.83. The average Bonchev–Trinajstić information content (AvgIpc) is 2.45. The number of nitrogens with one attached hydrogen (secondary N) is 2. The van der Waals surface area contributed by atoms with Crippen LogP contribution in [0.5, 0.6) is 0 Å². The first-order chi connectivity index (χ1) is 9.95. The fraction of sp³-hybridized carbons (Fsp3) is 0.467. The highest BCUT2D eigenvalue weighted by molar-refractivity contribution is 5.83. The fourth-order valence-electron chi connectivity index (χ4n) is 1.83. The van der Waals surface area contributed by atoms with Gasteiger partial charge in [-0.1, -0.05) is 32.0 Å². The Morgan fingerprint density at radius 2 is 1.95 bits per heavy atom. The summed E-state index contributed by atoms with van der Waals surface area (Å²) in [6, 6.07) is 5.22. The van der Waals surface area contributed by atoms with Crippen LogP contribution in [0.2, 0.25) is 0 Å². The molecular weight excluding hydrogens is 275 g/mol. The van der Waals surface area contributed by atoms with Crippen LogP contribution >= 0.6 is 0 Å². The quantitative estimate of drug-likeness (QED) is 0.787. The van der Waals surface area contributed by atoms with Crippen molar-refractivity contribution in [3.8, 4) is 0 Å². The van der Waals surface area contributed by atoms with Crippen LogP contribution in [0.15, 0.2) is 24.3 Å². The van der Waals surface area contributed by atoms with Crippen LogP contribution in [0, 0.1) is 11.7 Å². The molecule has 0 fully saturated rings. The number of halogens is 1. The van der Waals surface area contributed by atoms with Crippen LogP contribution in [0.25, 0.3) is 0 Å². The molecule has 5 nitrogen and oxygen atoms in total. The molecule has 1 rings (SSSR count). The maximum Gasteiger partial charge on any atom is 0.328 e. The van der Waals surface area contributed by atoms with Gasteiger partial charge in [0.15, 0.2) is 0 Å². The highest BCUT2D eigenvalue weighted by atomic mass is 19.1. The van der Waals surface area contributed by atoms with Crippen LogP contribution in [0.3, 0.4) is 0 Å². The lowest BCUT2D eigenvalue weighted by atomic mass is 10.1. The largest absolute Gasteiger partial charge is 0.467 e. The standard InChI is InChI=1S/C15H21FN2O3/c1-10(2)13(14(19)21-3)18-15(20)17-9-8-11-6-4-5-7-12(11)16/h4-7,10,13H,8-9H2,1-3H3,(H2,17,18,20)/t13-/m0/s1. The van der Waals surface area contributed by atoms with E-state index in [0.29, 0.717) is 12.0 Å². The van der Waals surface area contributed by atoms with E-state index in [1.54, 1.807) is 32.0 Å². The highest BCUT2D eigenvalue weighted by Gasteiger charge is 2.24. The third-order valence-corrected chi connectivity index (χ3v) is 3.05. The van der Waals surface area contributed by atoms with Gasteiger partial charge in [-0.3, -0.25) is 0 Å². The molecular formula is C15H21FN2O3. The molecule has 0 aromatic heterocycles. The Kier molecular flexibility index (Phi) is 6.65. The Morgan fingerprint density at radius 1 is 1.29 bits per heavy atom. The van der Waals surface area contributed by atoms with Crippen molar-refractivity contribution < 1.29 is 18.7 Å². The number of rotatable bonds is 6.